The summed E-state index contributed by atoms with van der Waals surface area (Å²) in [7, 11) is 0. The number of primary amides is 1. The number of carbonyl (C=O) groups excluding carboxylic acids is 1. The molecule has 0 saturated heterocycles. The third kappa shape index (κ3) is 14.3. The Balaban J connectivity index is 0. The minimum Gasteiger partial charge on any atom is -0.480 e. The molecule has 0 fully saturated rings. The maximum Gasteiger partial charge on any atom is 0.320 e. The van der Waals surface area contributed by atoms with Crippen molar-refractivity contribution in [2.45, 2.75) is 45.2 Å². The minimum absolute atomic E-state index is 0.0213. The average Bonchev–Trinajstić information content (AvgIpc) is 2.25. The number of carboxylic acid groups (broad SMARTS) is 2. The summed E-state index contributed by atoms with van der Waals surface area (Å²) in [6.07, 6.45) is 0.674. The SMILES string of the molecule is CC(C)CC(N)C(=O)O.NC(=O)CCC(N)C(=O)O. The fourth-order valence-corrected chi connectivity index (χ4v) is 1.03. The monoisotopic (exact) mass is 277 g/mol. The molecule has 0 aromatic heterocycles. The van der Waals surface area contributed by atoms with Crippen molar-refractivity contribution in [2.24, 2.45) is 23.1 Å². The lowest BCUT2D eigenvalue weighted by atomic mass is 10.1. The van der Waals surface area contributed by atoms with Crippen LogP contribution < -0.4 is 17.2 Å². The zero-order valence-corrected chi connectivity index (χ0v) is 11.2. The third-order valence-electron chi connectivity index (χ3n) is 2.06. The lowest BCUT2D eigenvalue weighted by Crippen LogP contribution is -2.31. The van der Waals surface area contributed by atoms with Crippen molar-refractivity contribution in [3.63, 3.8) is 0 Å². The molecule has 19 heavy (non-hydrogen) atoms. The fraction of sp³-hybridized carbons (Fsp3) is 0.727. The molecule has 8 N–H and O–H groups in total. The van der Waals surface area contributed by atoms with E-state index in [1.807, 2.05) is 13.8 Å². The molecule has 0 aromatic rings. The second kappa shape index (κ2) is 10.3. The summed E-state index contributed by atoms with van der Waals surface area (Å²) < 4.78 is 0. The van der Waals surface area contributed by atoms with Crippen LogP contribution in [0, 0.1) is 5.92 Å². The van der Waals surface area contributed by atoms with Gasteiger partial charge < -0.3 is 27.4 Å². The smallest absolute Gasteiger partial charge is 0.320 e. The third-order valence-corrected chi connectivity index (χ3v) is 2.06. The van der Waals surface area contributed by atoms with E-state index in [1.54, 1.807) is 0 Å². The summed E-state index contributed by atoms with van der Waals surface area (Å²) >= 11 is 0. The molecule has 0 aliphatic carbocycles. The molecular formula is C11H23N3O5. The normalized spacial score (nSPS) is 13.1. The van der Waals surface area contributed by atoms with E-state index in [0.717, 1.165) is 0 Å². The second-order valence-electron chi connectivity index (χ2n) is 4.52. The lowest BCUT2D eigenvalue weighted by Gasteiger charge is -2.07. The Labute approximate surface area is 111 Å². The standard InChI is InChI=1S/C6H13NO2.C5H10N2O3/c1-4(2)3-5(7)6(8)9;6-3(5(9)10)1-2-4(7)8/h4-5H,3,7H2,1-2H3,(H,8,9);3H,1-2,6H2,(H2,7,8)(H,9,10). The predicted molar refractivity (Wildman–Crippen MR) is 69.1 cm³/mol. The van der Waals surface area contributed by atoms with E-state index in [0.29, 0.717) is 12.3 Å². The molecule has 1 amide bonds. The van der Waals surface area contributed by atoms with E-state index in [2.05, 4.69) is 0 Å². The molecule has 0 heterocycles. The molecular weight excluding hydrogens is 254 g/mol. The zero-order valence-electron chi connectivity index (χ0n) is 11.2. The van der Waals surface area contributed by atoms with Crippen LogP contribution in [0.4, 0.5) is 0 Å². The summed E-state index contributed by atoms with van der Waals surface area (Å²) in [6.45, 7) is 3.89. The van der Waals surface area contributed by atoms with Crippen LogP contribution in [0.3, 0.4) is 0 Å². The van der Waals surface area contributed by atoms with Gasteiger partial charge in [-0.25, -0.2) is 0 Å². The van der Waals surface area contributed by atoms with E-state index >= 15 is 0 Å². The van der Waals surface area contributed by atoms with Crippen LogP contribution in [0.25, 0.3) is 0 Å². The van der Waals surface area contributed by atoms with Gasteiger partial charge in [-0.1, -0.05) is 13.8 Å². The summed E-state index contributed by atoms with van der Waals surface area (Å²) in [6, 6.07) is -1.67. The summed E-state index contributed by atoms with van der Waals surface area (Å²) in [5.74, 6) is -2.20. The molecule has 0 bridgehead atoms. The molecule has 0 saturated carbocycles. The van der Waals surface area contributed by atoms with E-state index in [1.165, 1.54) is 0 Å². The number of carboxylic acids is 2. The molecule has 0 aromatic carbocycles. The Morgan fingerprint density at radius 3 is 1.63 bits per heavy atom. The quantitative estimate of drug-likeness (QED) is 0.401. The Morgan fingerprint density at radius 2 is 1.42 bits per heavy atom. The van der Waals surface area contributed by atoms with Gasteiger partial charge in [0.2, 0.25) is 5.91 Å². The van der Waals surface area contributed by atoms with Crippen LogP contribution in [-0.2, 0) is 14.4 Å². The van der Waals surface area contributed by atoms with Crippen LogP contribution in [0.1, 0.15) is 33.1 Å². The first kappa shape index (κ1) is 19.7. The Hall–Kier alpha value is -1.67. The van der Waals surface area contributed by atoms with E-state index in [4.69, 9.17) is 27.4 Å². The highest BCUT2D eigenvalue weighted by atomic mass is 16.4. The second-order valence-corrected chi connectivity index (χ2v) is 4.52. The maximum atomic E-state index is 10.1. The first-order chi connectivity index (χ1) is 8.57. The number of carbonyl (C=O) groups is 3. The lowest BCUT2D eigenvalue weighted by molar-refractivity contribution is -0.139. The van der Waals surface area contributed by atoms with Gasteiger partial charge in [0.15, 0.2) is 0 Å². The van der Waals surface area contributed by atoms with Gasteiger partial charge in [0.05, 0.1) is 0 Å². The predicted octanol–water partition coefficient (Wildman–Crippen LogP) is -0.892. The van der Waals surface area contributed by atoms with Gasteiger partial charge in [0.25, 0.3) is 0 Å². The van der Waals surface area contributed by atoms with Gasteiger partial charge >= 0.3 is 11.9 Å². The van der Waals surface area contributed by atoms with Crippen molar-refractivity contribution in [1.82, 2.24) is 0 Å². The Bertz CT molecular complexity index is 307. The highest BCUT2D eigenvalue weighted by Crippen LogP contribution is 2.01. The Morgan fingerprint density at radius 1 is 1.00 bits per heavy atom. The van der Waals surface area contributed by atoms with Crippen LogP contribution in [0.2, 0.25) is 0 Å². The van der Waals surface area contributed by atoms with E-state index in [9.17, 15) is 14.4 Å². The number of hydrogen-bond acceptors (Lipinski definition) is 5. The molecule has 0 radical (unpaired) electrons. The summed E-state index contributed by atoms with van der Waals surface area (Å²) in [5.41, 5.74) is 15.0. The highest BCUT2D eigenvalue weighted by Gasteiger charge is 2.12. The van der Waals surface area contributed by atoms with Crippen molar-refractivity contribution in [1.29, 1.82) is 0 Å². The maximum absolute atomic E-state index is 10.1. The van der Waals surface area contributed by atoms with Crippen LogP contribution >= 0.6 is 0 Å². The topological polar surface area (TPSA) is 170 Å². The number of nitrogens with two attached hydrogens (primary N) is 3. The molecule has 0 rings (SSSR count). The van der Waals surface area contributed by atoms with Crippen molar-refractivity contribution in [3.05, 3.63) is 0 Å². The van der Waals surface area contributed by atoms with Crippen LogP contribution in [0.5, 0.6) is 0 Å². The molecule has 112 valence electrons. The summed E-state index contributed by atoms with van der Waals surface area (Å²) in [5, 5.41) is 16.5. The average molecular weight is 277 g/mol. The molecule has 2 unspecified atom stereocenters. The summed E-state index contributed by atoms with van der Waals surface area (Å²) in [4.78, 5) is 30.2. The Kier molecular flexibility index (Phi) is 10.6. The van der Waals surface area contributed by atoms with E-state index < -0.39 is 29.9 Å². The highest BCUT2D eigenvalue weighted by molar-refractivity contribution is 5.77. The van der Waals surface area contributed by atoms with Crippen molar-refractivity contribution in [2.75, 3.05) is 0 Å². The van der Waals surface area contributed by atoms with Gasteiger partial charge in [0.1, 0.15) is 12.1 Å². The number of rotatable bonds is 7. The molecule has 8 nitrogen and oxygen atoms in total. The first-order valence-corrected chi connectivity index (χ1v) is 5.83. The number of hydrogen-bond donors (Lipinski definition) is 5. The number of amides is 1. The van der Waals surface area contributed by atoms with E-state index in [-0.39, 0.29) is 12.8 Å². The van der Waals surface area contributed by atoms with Crippen molar-refractivity contribution >= 4 is 17.8 Å². The van der Waals surface area contributed by atoms with Gasteiger partial charge in [-0.15, -0.1) is 0 Å². The largest absolute Gasteiger partial charge is 0.480 e. The van der Waals surface area contributed by atoms with Gasteiger partial charge in [-0.3, -0.25) is 14.4 Å². The zero-order chi connectivity index (χ0) is 15.6. The molecule has 2 atom stereocenters. The van der Waals surface area contributed by atoms with Crippen molar-refractivity contribution < 1.29 is 24.6 Å². The van der Waals surface area contributed by atoms with Gasteiger partial charge in [0, 0.05) is 6.42 Å². The van der Waals surface area contributed by atoms with Crippen molar-refractivity contribution in [3.8, 4) is 0 Å². The van der Waals surface area contributed by atoms with Crippen LogP contribution in [0.15, 0.2) is 0 Å². The van der Waals surface area contributed by atoms with Crippen LogP contribution in [-0.4, -0.2) is 40.1 Å². The van der Waals surface area contributed by atoms with Gasteiger partial charge in [-0.2, -0.15) is 0 Å². The molecule has 8 heteroatoms. The molecule has 0 aliphatic rings. The minimum atomic E-state index is -1.11. The number of aliphatic carboxylic acids is 2. The molecule has 0 aliphatic heterocycles. The van der Waals surface area contributed by atoms with Gasteiger partial charge in [-0.05, 0) is 18.8 Å². The fourth-order valence-electron chi connectivity index (χ4n) is 1.03. The first-order valence-electron chi connectivity index (χ1n) is 5.83. The molecule has 0 spiro atoms.